The SMILES string of the molecule is COc1cccc(NC(=O)C2(C)CCN2CCCc2ccccc2)c1. The van der Waals surface area contributed by atoms with E-state index in [1.807, 2.05) is 37.3 Å². The van der Waals surface area contributed by atoms with Crippen LogP contribution in [0.2, 0.25) is 0 Å². The molecule has 0 radical (unpaired) electrons. The van der Waals surface area contributed by atoms with Gasteiger partial charge in [-0.1, -0.05) is 36.4 Å². The molecule has 1 unspecified atom stereocenters. The Morgan fingerprint density at radius 2 is 2.00 bits per heavy atom. The molecular formula is C21H26N2O2. The van der Waals surface area contributed by atoms with Gasteiger partial charge in [-0.15, -0.1) is 0 Å². The maximum atomic E-state index is 12.8. The monoisotopic (exact) mass is 338 g/mol. The Morgan fingerprint density at radius 1 is 1.20 bits per heavy atom. The van der Waals surface area contributed by atoms with Crippen LogP contribution in [0.3, 0.4) is 0 Å². The highest BCUT2D eigenvalue weighted by Crippen LogP contribution is 2.32. The maximum absolute atomic E-state index is 12.8. The molecule has 1 amide bonds. The smallest absolute Gasteiger partial charge is 0.244 e. The number of nitrogens with one attached hydrogen (secondary N) is 1. The molecule has 25 heavy (non-hydrogen) atoms. The number of hydrogen-bond donors (Lipinski definition) is 1. The molecule has 1 heterocycles. The van der Waals surface area contributed by atoms with Crippen molar-refractivity contribution in [1.82, 2.24) is 4.90 Å². The van der Waals surface area contributed by atoms with Gasteiger partial charge in [0.25, 0.3) is 0 Å². The number of aryl methyl sites for hydroxylation is 1. The standard InChI is InChI=1S/C21H26N2O2/c1-21(20(24)22-18-11-6-12-19(16-18)25-2)13-15-23(21)14-7-10-17-8-4-3-5-9-17/h3-6,8-9,11-12,16H,7,10,13-15H2,1-2H3,(H,22,24). The number of likely N-dealkylation sites (tertiary alicyclic amines) is 1. The zero-order valence-electron chi connectivity index (χ0n) is 15.0. The van der Waals surface area contributed by atoms with Gasteiger partial charge < -0.3 is 10.1 Å². The summed E-state index contributed by atoms with van der Waals surface area (Å²) in [6.07, 6.45) is 3.01. The number of nitrogens with zero attached hydrogens (tertiary/aromatic N) is 1. The van der Waals surface area contributed by atoms with Crippen molar-refractivity contribution in [2.45, 2.75) is 31.7 Å². The van der Waals surface area contributed by atoms with Gasteiger partial charge in [-0.25, -0.2) is 0 Å². The van der Waals surface area contributed by atoms with Crippen LogP contribution < -0.4 is 10.1 Å². The van der Waals surface area contributed by atoms with Crippen molar-refractivity contribution in [2.24, 2.45) is 0 Å². The fourth-order valence-corrected chi connectivity index (χ4v) is 3.31. The number of benzene rings is 2. The predicted octanol–water partition coefficient (Wildman–Crippen LogP) is 3.73. The van der Waals surface area contributed by atoms with Gasteiger partial charge in [0.05, 0.1) is 12.6 Å². The predicted molar refractivity (Wildman–Crippen MR) is 101 cm³/mol. The minimum atomic E-state index is -0.417. The Balaban J connectivity index is 1.54. The van der Waals surface area contributed by atoms with Crippen LogP contribution in [-0.2, 0) is 11.2 Å². The highest BCUT2D eigenvalue weighted by atomic mass is 16.5. The molecule has 3 rings (SSSR count). The molecule has 1 N–H and O–H groups in total. The fourth-order valence-electron chi connectivity index (χ4n) is 3.31. The summed E-state index contributed by atoms with van der Waals surface area (Å²) in [5.41, 5.74) is 1.71. The molecule has 0 aliphatic carbocycles. The molecule has 0 spiro atoms. The van der Waals surface area contributed by atoms with E-state index in [4.69, 9.17) is 4.74 Å². The summed E-state index contributed by atoms with van der Waals surface area (Å²) in [4.78, 5) is 15.0. The van der Waals surface area contributed by atoms with Crippen LogP contribution in [0.25, 0.3) is 0 Å². The van der Waals surface area contributed by atoms with Crippen molar-refractivity contribution in [3.8, 4) is 5.75 Å². The first-order valence-electron chi connectivity index (χ1n) is 8.86. The molecule has 1 atom stereocenters. The lowest BCUT2D eigenvalue weighted by atomic mass is 9.85. The first kappa shape index (κ1) is 17.5. The number of anilines is 1. The lowest BCUT2D eigenvalue weighted by Crippen LogP contribution is -2.64. The summed E-state index contributed by atoms with van der Waals surface area (Å²) in [5.74, 6) is 0.808. The van der Waals surface area contributed by atoms with E-state index in [0.29, 0.717) is 0 Å². The van der Waals surface area contributed by atoms with Gasteiger partial charge in [-0.05, 0) is 50.4 Å². The fraction of sp³-hybridized carbons (Fsp3) is 0.381. The molecule has 4 heteroatoms. The van der Waals surface area contributed by atoms with Crippen LogP contribution in [0.5, 0.6) is 5.75 Å². The van der Waals surface area contributed by atoms with Crippen molar-refractivity contribution in [2.75, 3.05) is 25.5 Å². The number of hydrogen-bond acceptors (Lipinski definition) is 3. The Labute approximate surface area is 149 Å². The Bertz CT molecular complexity index is 717. The maximum Gasteiger partial charge on any atom is 0.244 e. The molecule has 132 valence electrons. The highest BCUT2D eigenvalue weighted by molar-refractivity contribution is 5.98. The minimum Gasteiger partial charge on any atom is -0.497 e. The van der Waals surface area contributed by atoms with Gasteiger partial charge in [-0.3, -0.25) is 9.69 Å². The second kappa shape index (κ2) is 7.70. The summed E-state index contributed by atoms with van der Waals surface area (Å²) < 4.78 is 5.22. The quantitative estimate of drug-likeness (QED) is 0.836. The molecule has 0 bridgehead atoms. The number of amides is 1. The summed E-state index contributed by atoms with van der Waals surface area (Å²) in [5, 5.41) is 3.04. The zero-order chi connectivity index (χ0) is 17.7. The third-order valence-corrected chi connectivity index (χ3v) is 5.12. The van der Waals surface area contributed by atoms with Crippen LogP contribution in [-0.4, -0.2) is 36.5 Å². The van der Waals surface area contributed by atoms with Gasteiger partial charge in [0.15, 0.2) is 0 Å². The molecule has 4 nitrogen and oxygen atoms in total. The van der Waals surface area contributed by atoms with Crippen molar-refractivity contribution in [1.29, 1.82) is 0 Å². The van der Waals surface area contributed by atoms with Crippen molar-refractivity contribution < 1.29 is 9.53 Å². The number of carbonyl (C=O) groups excluding carboxylic acids is 1. The van der Waals surface area contributed by atoms with Crippen LogP contribution in [0.1, 0.15) is 25.3 Å². The molecular weight excluding hydrogens is 312 g/mol. The van der Waals surface area contributed by atoms with E-state index in [1.54, 1.807) is 7.11 Å². The lowest BCUT2D eigenvalue weighted by molar-refractivity contribution is -0.135. The second-order valence-corrected chi connectivity index (χ2v) is 6.79. The molecule has 0 aromatic heterocycles. The van der Waals surface area contributed by atoms with E-state index in [2.05, 4.69) is 34.5 Å². The summed E-state index contributed by atoms with van der Waals surface area (Å²) in [6, 6.07) is 18.0. The van der Waals surface area contributed by atoms with Gasteiger partial charge in [-0.2, -0.15) is 0 Å². The largest absolute Gasteiger partial charge is 0.497 e. The average Bonchev–Trinajstić information content (AvgIpc) is 2.64. The number of rotatable bonds is 7. The van der Waals surface area contributed by atoms with E-state index >= 15 is 0 Å². The number of carbonyl (C=O) groups is 1. The van der Waals surface area contributed by atoms with Gasteiger partial charge in [0.1, 0.15) is 5.75 Å². The summed E-state index contributed by atoms with van der Waals surface area (Å²) in [6.45, 7) is 3.96. The van der Waals surface area contributed by atoms with Gasteiger partial charge in [0.2, 0.25) is 5.91 Å². The van der Waals surface area contributed by atoms with Crippen LogP contribution >= 0.6 is 0 Å². The Morgan fingerprint density at radius 3 is 2.68 bits per heavy atom. The first-order valence-corrected chi connectivity index (χ1v) is 8.86. The Hall–Kier alpha value is -2.33. The van der Waals surface area contributed by atoms with E-state index in [9.17, 15) is 4.79 Å². The van der Waals surface area contributed by atoms with Crippen molar-refractivity contribution in [3.63, 3.8) is 0 Å². The van der Waals surface area contributed by atoms with E-state index < -0.39 is 5.54 Å². The molecule has 1 saturated heterocycles. The highest BCUT2D eigenvalue weighted by Gasteiger charge is 2.46. The summed E-state index contributed by atoms with van der Waals surface area (Å²) >= 11 is 0. The average molecular weight is 338 g/mol. The normalized spacial score (nSPS) is 19.9. The van der Waals surface area contributed by atoms with Crippen molar-refractivity contribution >= 4 is 11.6 Å². The Kier molecular flexibility index (Phi) is 5.39. The molecule has 2 aromatic rings. The minimum absolute atomic E-state index is 0.0618. The van der Waals surface area contributed by atoms with Gasteiger partial charge >= 0.3 is 0 Å². The van der Waals surface area contributed by atoms with Crippen molar-refractivity contribution in [3.05, 3.63) is 60.2 Å². The van der Waals surface area contributed by atoms with Crippen LogP contribution in [0.4, 0.5) is 5.69 Å². The van der Waals surface area contributed by atoms with E-state index in [-0.39, 0.29) is 5.91 Å². The number of methoxy groups -OCH3 is 1. The molecule has 2 aromatic carbocycles. The van der Waals surface area contributed by atoms with Crippen LogP contribution in [0.15, 0.2) is 54.6 Å². The van der Waals surface area contributed by atoms with Crippen LogP contribution in [0, 0.1) is 0 Å². The zero-order valence-corrected chi connectivity index (χ0v) is 15.0. The first-order chi connectivity index (χ1) is 12.1. The molecule has 1 aliphatic rings. The number of ether oxygens (including phenoxy) is 1. The molecule has 1 fully saturated rings. The third-order valence-electron chi connectivity index (χ3n) is 5.12. The summed E-state index contributed by atoms with van der Waals surface area (Å²) in [7, 11) is 1.63. The third kappa shape index (κ3) is 4.02. The molecule has 0 saturated carbocycles. The van der Waals surface area contributed by atoms with E-state index in [1.165, 1.54) is 5.56 Å². The molecule has 1 aliphatic heterocycles. The lowest BCUT2D eigenvalue weighted by Gasteiger charge is -2.49. The van der Waals surface area contributed by atoms with E-state index in [0.717, 1.165) is 43.8 Å². The second-order valence-electron chi connectivity index (χ2n) is 6.79. The topological polar surface area (TPSA) is 41.6 Å². The van der Waals surface area contributed by atoms with Gasteiger partial charge in [0, 0.05) is 18.3 Å².